The second-order valence-electron chi connectivity index (χ2n) is 3.57. The van der Waals surface area contributed by atoms with E-state index in [9.17, 15) is 13.2 Å². The Morgan fingerprint density at radius 3 is 2.72 bits per heavy atom. The summed E-state index contributed by atoms with van der Waals surface area (Å²) in [5.74, 6) is 0.281. The SMILES string of the molecule is Nc1nc(Cc2nc(CCC(F)(F)F)no2)cs1. The number of halogens is 3. The highest BCUT2D eigenvalue weighted by Crippen LogP contribution is 2.21. The van der Waals surface area contributed by atoms with Crippen molar-refractivity contribution in [3.05, 3.63) is 22.8 Å². The van der Waals surface area contributed by atoms with Crippen molar-refractivity contribution in [2.24, 2.45) is 0 Å². The lowest BCUT2D eigenvalue weighted by molar-refractivity contribution is -0.134. The maximum atomic E-state index is 12.0. The molecule has 0 atom stereocenters. The first-order chi connectivity index (χ1) is 8.42. The van der Waals surface area contributed by atoms with Crippen molar-refractivity contribution >= 4 is 16.5 Å². The van der Waals surface area contributed by atoms with Gasteiger partial charge in [-0.05, 0) is 0 Å². The Labute approximate surface area is 104 Å². The molecule has 5 nitrogen and oxygen atoms in total. The van der Waals surface area contributed by atoms with Crippen LogP contribution in [0, 0.1) is 0 Å². The largest absolute Gasteiger partial charge is 0.389 e. The summed E-state index contributed by atoms with van der Waals surface area (Å²) in [5, 5.41) is 5.63. The van der Waals surface area contributed by atoms with Crippen molar-refractivity contribution < 1.29 is 17.7 Å². The molecule has 0 radical (unpaired) electrons. The van der Waals surface area contributed by atoms with E-state index in [1.165, 1.54) is 11.3 Å². The van der Waals surface area contributed by atoms with Crippen LogP contribution in [0.3, 0.4) is 0 Å². The number of alkyl halides is 3. The third-order valence-electron chi connectivity index (χ3n) is 2.04. The average Bonchev–Trinajstić information content (AvgIpc) is 2.85. The maximum Gasteiger partial charge on any atom is 0.389 e. The molecule has 0 spiro atoms. The quantitative estimate of drug-likeness (QED) is 0.927. The van der Waals surface area contributed by atoms with Gasteiger partial charge in [0.05, 0.1) is 18.5 Å². The van der Waals surface area contributed by atoms with E-state index in [0.717, 1.165) is 0 Å². The van der Waals surface area contributed by atoms with Gasteiger partial charge in [-0.25, -0.2) is 4.98 Å². The predicted molar refractivity (Wildman–Crippen MR) is 58.0 cm³/mol. The molecule has 98 valence electrons. The third kappa shape index (κ3) is 3.69. The van der Waals surface area contributed by atoms with Gasteiger partial charge in [0.1, 0.15) is 0 Å². The van der Waals surface area contributed by atoms with Crippen LogP contribution in [-0.4, -0.2) is 21.3 Å². The molecule has 18 heavy (non-hydrogen) atoms. The van der Waals surface area contributed by atoms with E-state index in [2.05, 4.69) is 15.1 Å². The van der Waals surface area contributed by atoms with Crippen LogP contribution in [0.2, 0.25) is 0 Å². The van der Waals surface area contributed by atoms with Gasteiger partial charge in [-0.1, -0.05) is 5.16 Å². The van der Waals surface area contributed by atoms with Crippen molar-refractivity contribution in [1.82, 2.24) is 15.1 Å². The predicted octanol–water partition coefficient (Wildman–Crippen LogP) is 2.19. The number of aryl methyl sites for hydroxylation is 1. The molecule has 2 rings (SSSR count). The van der Waals surface area contributed by atoms with Crippen molar-refractivity contribution in [2.45, 2.75) is 25.4 Å². The van der Waals surface area contributed by atoms with Gasteiger partial charge < -0.3 is 10.3 Å². The molecule has 2 N–H and O–H groups in total. The molecule has 0 saturated heterocycles. The van der Waals surface area contributed by atoms with Crippen LogP contribution in [0.25, 0.3) is 0 Å². The zero-order valence-electron chi connectivity index (χ0n) is 9.07. The maximum absolute atomic E-state index is 12.0. The number of hydrogen-bond acceptors (Lipinski definition) is 6. The van der Waals surface area contributed by atoms with Crippen LogP contribution in [0.5, 0.6) is 0 Å². The number of nitrogens with two attached hydrogens (primary N) is 1. The van der Waals surface area contributed by atoms with Gasteiger partial charge in [-0.3, -0.25) is 0 Å². The van der Waals surface area contributed by atoms with Crippen LogP contribution in [0.1, 0.15) is 23.8 Å². The lowest BCUT2D eigenvalue weighted by Gasteiger charge is -2.01. The van der Waals surface area contributed by atoms with E-state index in [1.807, 2.05) is 0 Å². The summed E-state index contributed by atoms with van der Waals surface area (Å²) in [4.78, 5) is 7.85. The van der Waals surface area contributed by atoms with Crippen LogP contribution >= 0.6 is 11.3 Å². The smallest absolute Gasteiger partial charge is 0.375 e. The topological polar surface area (TPSA) is 77.8 Å². The summed E-state index contributed by atoms with van der Waals surface area (Å²) in [6.45, 7) is 0. The van der Waals surface area contributed by atoms with Gasteiger partial charge in [0.25, 0.3) is 0 Å². The fourth-order valence-electron chi connectivity index (χ4n) is 1.28. The molecule has 0 unspecified atom stereocenters. The molecule has 0 saturated carbocycles. The highest BCUT2D eigenvalue weighted by Gasteiger charge is 2.27. The Balaban J connectivity index is 1.94. The molecule has 0 bridgehead atoms. The highest BCUT2D eigenvalue weighted by molar-refractivity contribution is 7.13. The minimum absolute atomic E-state index is 0.0468. The van der Waals surface area contributed by atoms with Crippen LogP contribution < -0.4 is 5.73 Å². The average molecular weight is 278 g/mol. The fraction of sp³-hybridized carbons (Fsp3) is 0.444. The van der Waals surface area contributed by atoms with Crippen LogP contribution in [0.4, 0.5) is 18.3 Å². The lowest BCUT2D eigenvalue weighted by Crippen LogP contribution is -2.09. The molecule has 0 fully saturated rings. The van der Waals surface area contributed by atoms with Gasteiger partial charge in [0.15, 0.2) is 11.0 Å². The monoisotopic (exact) mass is 278 g/mol. The molecule has 0 aromatic carbocycles. The summed E-state index contributed by atoms with van der Waals surface area (Å²) in [5.41, 5.74) is 6.10. The van der Waals surface area contributed by atoms with Gasteiger partial charge in [-0.2, -0.15) is 18.2 Å². The Bertz CT molecular complexity index is 522. The standard InChI is InChI=1S/C9H9F3N4OS/c10-9(11,12)2-1-6-15-7(17-16-6)3-5-4-18-8(13)14-5/h4H,1-3H2,(H2,13,14). The molecule has 9 heteroatoms. The Kier molecular flexibility index (Phi) is 3.50. The van der Waals surface area contributed by atoms with E-state index in [4.69, 9.17) is 10.3 Å². The molecule has 0 aliphatic heterocycles. The zero-order chi connectivity index (χ0) is 13.2. The van der Waals surface area contributed by atoms with Gasteiger partial charge in [0.2, 0.25) is 5.89 Å². The van der Waals surface area contributed by atoms with E-state index in [0.29, 0.717) is 10.8 Å². The minimum Gasteiger partial charge on any atom is -0.375 e. The van der Waals surface area contributed by atoms with Gasteiger partial charge in [-0.15, -0.1) is 11.3 Å². The molecular weight excluding hydrogens is 269 g/mol. The number of anilines is 1. The van der Waals surface area contributed by atoms with E-state index >= 15 is 0 Å². The molecule has 0 amide bonds. The first kappa shape index (κ1) is 12.8. The Morgan fingerprint density at radius 2 is 2.11 bits per heavy atom. The lowest BCUT2D eigenvalue weighted by atomic mass is 10.3. The molecule has 0 aliphatic carbocycles. The summed E-state index contributed by atoms with van der Waals surface area (Å²) in [6, 6.07) is 0. The van der Waals surface area contributed by atoms with Crippen molar-refractivity contribution in [1.29, 1.82) is 0 Å². The molecule has 2 aromatic heterocycles. The first-order valence-electron chi connectivity index (χ1n) is 5.00. The normalized spacial score (nSPS) is 11.9. The van der Waals surface area contributed by atoms with E-state index in [1.54, 1.807) is 5.38 Å². The second kappa shape index (κ2) is 4.92. The highest BCUT2D eigenvalue weighted by atomic mass is 32.1. The summed E-state index contributed by atoms with van der Waals surface area (Å²) < 4.78 is 40.8. The van der Waals surface area contributed by atoms with Gasteiger partial charge >= 0.3 is 6.18 Å². The van der Waals surface area contributed by atoms with Crippen molar-refractivity contribution in [3.63, 3.8) is 0 Å². The number of hydrogen-bond donors (Lipinski definition) is 1. The van der Waals surface area contributed by atoms with E-state index in [-0.39, 0.29) is 24.6 Å². The zero-order valence-corrected chi connectivity index (χ0v) is 9.88. The summed E-state index contributed by atoms with van der Waals surface area (Å²) in [6.07, 6.45) is -5.20. The summed E-state index contributed by atoms with van der Waals surface area (Å²) >= 11 is 1.27. The van der Waals surface area contributed by atoms with Gasteiger partial charge in [0, 0.05) is 11.8 Å². The Morgan fingerprint density at radius 1 is 1.33 bits per heavy atom. The van der Waals surface area contributed by atoms with Crippen molar-refractivity contribution in [2.75, 3.05) is 5.73 Å². The number of nitrogens with zero attached hydrogens (tertiary/aromatic N) is 3. The second-order valence-corrected chi connectivity index (χ2v) is 4.46. The Hall–Kier alpha value is -1.64. The third-order valence-corrected chi connectivity index (χ3v) is 2.77. The minimum atomic E-state index is -4.22. The number of nitrogen functional groups attached to an aromatic ring is 1. The molecular formula is C9H9F3N4OS. The molecule has 2 heterocycles. The molecule has 2 aromatic rings. The van der Waals surface area contributed by atoms with Crippen LogP contribution in [-0.2, 0) is 12.8 Å². The molecule has 0 aliphatic rings. The summed E-state index contributed by atoms with van der Waals surface area (Å²) in [7, 11) is 0. The number of aromatic nitrogens is 3. The van der Waals surface area contributed by atoms with E-state index < -0.39 is 12.6 Å². The fourth-order valence-corrected chi connectivity index (χ4v) is 1.84. The van der Waals surface area contributed by atoms with Crippen LogP contribution in [0.15, 0.2) is 9.90 Å². The first-order valence-corrected chi connectivity index (χ1v) is 5.88. The number of rotatable bonds is 4. The number of thiazole rings is 1. The van der Waals surface area contributed by atoms with Crippen molar-refractivity contribution in [3.8, 4) is 0 Å².